The van der Waals surface area contributed by atoms with E-state index in [-0.39, 0.29) is 11.5 Å². The molecular formula is C24H24F6O. The Morgan fingerprint density at radius 1 is 0.806 bits per heavy atom. The van der Waals surface area contributed by atoms with Crippen LogP contribution in [0.15, 0.2) is 30.3 Å². The molecule has 0 bridgehead atoms. The zero-order chi connectivity index (χ0) is 22.3. The summed E-state index contributed by atoms with van der Waals surface area (Å²) in [6.07, 6.45) is 1.34. The van der Waals surface area contributed by atoms with E-state index < -0.39 is 35.1 Å². The lowest BCUT2D eigenvalue weighted by molar-refractivity contribution is -0.275. The first-order chi connectivity index (χ1) is 14.6. The van der Waals surface area contributed by atoms with Crippen LogP contribution in [0.4, 0.5) is 26.3 Å². The summed E-state index contributed by atoms with van der Waals surface area (Å²) in [6.45, 7) is 2.27. The van der Waals surface area contributed by atoms with Crippen LogP contribution in [0.5, 0.6) is 5.75 Å². The van der Waals surface area contributed by atoms with Gasteiger partial charge in [0.2, 0.25) is 0 Å². The Morgan fingerprint density at radius 2 is 1.45 bits per heavy atom. The fourth-order valence-electron chi connectivity index (χ4n) is 5.39. The molecule has 2 aliphatic rings. The first kappa shape index (κ1) is 22.0. The smallest absolute Gasteiger partial charge is 0.403 e. The van der Waals surface area contributed by atoms with Gasteiger partial charge in [0.25, 0.3) is 0 Å². The van der Waals surface area contributed by atoms with Gasteiger partial charge in [-0.25, -0.2) is 13.2 Å². The first-order valence-corrected chi connectivity index (χ1v) is 10.7. The second kappa shape index (κ2) is 8.40. The van der Waals surface area contributed by atoms with Gasteiger partial charge in [-0.05, 0) is 91.2 Å². The van der Waals surface area contributed by atoms with Crippen LogP contribution in [0.25, 0.3) is 11.1 Å². The van der Waals surface area contributed by atoms with Gasteiger partial charge in [-0.15, -0.1) is 13.2 Å². The third-order valence-corrected chi connectivity index (χ3v) is 6.86. The summed E-state index contributed by atoms with van der Waals surface area (Å²) in [5.41, 5.74) is -0.0479. The minimum Gasteiger partial charge on any atom is -0.403 e. The molecule has 4 rings (SSSR count). The van der Waals surface area contributed by atoms with Crippen molar-refractivity contribution < 1.29 is 31.1 Å². The molecule has 2 saturated carbocycles. The molecule has 2 aromatic carbocycles. The first-order valence-electron chi connectivity index (χ1n) is 10.7. The highest BCUT2D eigenvalue weighted by Gasteiger charge is 2.35. The Kier molecular flexibility index (Phi) is 5.97. The van der Waals surface area contributed by atoms with E-state index in [0.29, 0.717) is 23.5 Å². The Bertz CT molecular complexity index is 931. The predicted octanol–water partition coefficient (Wildman–Crippen LogP) is 7.99. The number of hydrogen-bond acceptors (Lipinski definition) is 1. The van der Waals surface area contributed by atoms with Crippen molar-refractivity contribution in [3.05, 3.63) is 53.3 Å². The average molecular weight is 442 g/mol. The molecule has 2 fully saturated rings. The lowest BCUT2D eigenvalue weighted by atomic mass is 9.64. The second-order valence-electron chi connectivity index (χ2n) is 9.00. The van der Waals surface area contributed by atoms with E-state index >= 15 is 0 Å². The Morgan fingerprint density at radius 3 is 2.10 bits per heavy atom. The van der Waals surface area contributed by atoms with Gasteiger partial charge in [-0.2, -0.15) is 0 Å². The number of rotatable bonds is 3. The fourth-order valence-corrected chi connectivity index (χ4v) is 5.39. The van der Waals surface area contributed by atoms with Gasteiger partial charge < -0.3 is 4.74 Å². The van der Waals surface area contributed by atoms with Crippen LogP contribution >= 0.6 is 0 Å². The highest BCUT2D eigenvalue weighted by Crippen LogP contribution is 2.48. The van der Waals surface area contributed by atoms with Gasteiger partial charge in [-0.1, -0.05) is 19.4 Å². The maximum atomic E-state index is 14.9. The molecule has 2 aliphatic carbocycles. The van der Waals surface area contributed by atoms with Crippen molar-refractivity contribution in [2.75, 3.05) is 0 Å². The predicted molar refractivity (Wildman–Crippen MR) is 105 cm³/mol. The number of halogens is 6. The van der Waals surface area contributed by atoms with Crippen molar-refractivity contribution in [1.82, 2.24) is 0 Å². The molecule has 168 valence electrons. The number of benzene rings is 2. The van der Waals surface area contributed by atoms with Crippen LogP contribution in [-0.2, 0) is 0 Å². The minimum absolute atomic E-state index is 0.0759. The van der Waals surface area contributed by atoms with Crippen LogP contribution in [0.3, 0.4) is 0 Å². The van der Waals surface area contributed by atoms with Crippen LogP contribution in [0.1, 0.15) is 56.9 Å². The zero-order valence-electron chi connectivity index (χ0n) is 17.1. The largest absolute Gasteiger partial charge is 0.573 e. The summed E-state index contributed by atoms with van der Waals surface area (Å²) in [6, 6.07) is 4.95. The van der Waals surface area contributed by atoms with Gasteiger partial charge >= 0.3 is 6.36 Å². The van der Waals surface area contributed by atoms with Crippen molar-refractivity contribution in [2.45, 2.75) is 57.7 Å². The van der Waals surface area contributed by atoms with E-state index in [2.05, 4.69) is 11.7 Å². The van der Waals surface area contributed by atoms with Gasteiger partial charge in [0.1, 0.15) is 11.6 Å². The van der Waals surface area contributed by atoms with Crippen LogP contribution in [0.2, 0.25) is 0 Å². The summed E-state index contributed by atoms with van der Waals surface area (Å²) in [5, 5.41) is 0. The van der Waals surface area contributed by atoms with Gasteiger partial charge in [0.15, 0.2) is 11.6 Å². The maximum Gasteiger partial charge on any atom is 0.573 e. The summed E-state index contributed by atoms with van der Waals surface area (Å²) in [4.78, 5) is 0. The van der Waals surface area contributed by atoms with Crippen LogP contribution in [0, 0.1) is 35.2 Å². The molecule has 7 heteroatoms. The molecule has 1 nitrogen and oxygen atoms in total. The van der Waals surface area contributed by atoms with E-state index in [4.69, 9.17) is 0 Å². The lowest BCUT2D eigenvalue weighted by Crippen LogP contribution is -2.29. The minimum atomic E-state index is -5.06. The molecule has 0 N–H and O–H groups in total. The molecule has 0 radical (unpaired) electrons. The van der Waals surface area contributed by atoms with Crippen LogP contribution < -0.4 is 4.74 Å². The molecular weight excluding hydrogens is 418 g/mol. The summed E-state index contributed by atoms with van der Waals surface area (Å²) in [5.74, 6) is -2.01. The molecule has 4 atom stereocenters. The van der Waals surface area contributed by atoms with Crippen molar-refractivity contribution in [3.8, 4) is 16.9 Å². The highest BCUT2D eigenvalue weighted by molar-refractivity contribution is 5.66. The number of fused-ring (bicyclic) bond motifs is 1. The quantitative estimate of drug-likeness (QED) is 0.438. The van der Waals surface area contributed by atoms with Gasteiger partial charge in [-0.3, -0.25) is 0 Å². The SMILES string of the molecule is CC1CCC2CC(c3cc(F)c(-c4ccc(OC(F)(F)F)c(F)c4)c(F)c3)CCC2C1. The van der Waals surface area contributed by atoms with E-state index in [1.807, 2.05) is 0 Å². The van der Waals surface area contributed by atoms with Gasteiger partial charge in [0, 0.05) is 0 Å². The molecule has 0 amide bonds. The Balaban J connectivity index is 1.56. The van der Waals surface area contributed by atoms with E-state index in [0.717, 1.165) is 43.7 Å². The lowest BCUT2D eigenvalue weighted by Gasteiger charge is -2.41. The topological polar surface area (TPSA) is 9.23 Å². The molecule has 4 unspecified atom stereocenters. The van der Waals surface area contributed by atoms with E-state index in [1.54, 1.807) is 0 Å². The summed E-state index contributed by atoms with van der Waals surface area (Å²) >= 11 is 0. The second-order valence-corrected chi connectivity index (χ2v) is 9.00. The average Bonchev–Trinajstić information content (AvgIpc) is 2.68. The summed E-state index contributed by atoms with van der Waals surface area (Å²) < 4.78 is 84.2. The molecule has 2 aromatic rings. The molecule has 31 heavy (non-hydrogen) atoms. The number of ether oxygens (including phenoxy) is 1. The molecule has 0 saturated heterocycles. The normalized spacial score (nSPS) is 26.4. The van der Waals surface area contributed by atoms with Crippen molar-refractivity contribution in [2.24, 2.45) is 17.8 Å². The van der Waals surface area contributed by atoms with Crippen molar-refractivity contribution in [3.63, 3.8) is 0 Å². The Hall–Kier alpha value is -2.18. The summed E-state index contributed by atoms with van der Waals surface area (Å²) in [7, 11) is 0. The van der Waals surface area contributed by atoms with Crippen molar-refractivity contribution in [1.29, 1.82) is 0 Å². The number of hydrogen-bond donors (Lipinski definition) is 0. The van der Waals surface area contributed by atoms with Crippen molar-refractivity contribution >= 4 is 0 Å². The third kappa shape index (κ3) is 4.85. The monoisotopic (exact) mass is 442 g/mol. The molecule has 0 spiro atoms. The van der Waals surface area contributed by atoms with Gasteiger partial charge in [0.05, 0.1) is 5.56 Å². The molecule has 0 aliphatic heterocycles. The number of alkyl halides is 3. The zero-order valence-corrected chi connectivity index (χ0v) is 17.1. The molecule has 0 heterocycles. The molecule has 0 aromatic heterocycles. The Labute approximate surface area is 177 Å². The standard InChI is InChI=1S/C24H24F6O/c1-13-2-3-15-9-16(5-4-14(15)8-13)18-11-20(26)23(21(27)12-18)17-6-7-22(19(25)10-17)31-24(28,29)30/h6-7,10-16H,2-5,8-9H2,1H3. The fraction of sp³-hybridized carbons (Fsp3) is 0.500. The highest BCUT2D eigenvalue weighted by atomic mass is 19.4. The third-order valence-electron chi connectivity index (χ3n) is 6.86. The van der Waals surface area contributed by atoms with E-state index in [9.17, 15) is 26.3 Å². The maximum absolute atomic E-state index is 14.9. The van der Waals surface area contributed by atoms with Crippen LogP contribution in [-0.4, -0.2) is 6.36 Å². The van der Waals surface area contributed by atoms with E-state index in [1.165, 1.54) is 25.0 Å².